The molecule has 5 nitrogen and oxygen atoms in total. The molecule has 0 spiro atoms. The monoisotopic (exact) mass is 379 g/mol. The van der Waals surface area contributed by atoms with Gasteiger partial charge in [0.2, 0.25) is 0 Å². The number of rotatable bonds is 7. The van der Waals surface area contributed by atoms with Gasteiger partial charge in [-0.25, -0.2) is 13.9 Å². The van der Waals surface area contributed by atoms with E-state index in [0.717, 1.165) is 18.4 Å². The summed E-state index contributed by atoms with van der Waals surface area (Å²) in [5, 5.41) is 4.33. The van der Waals surface area contributed by atoms with Crippen molar-refractivity contribution in [2.45, 2.75) is 44.7 Å². The van der Waals surface area contributed by atoms with Crippen LogP contribution in [-0.4, -0.2) is 20.1 Å². The first-order valence-electron chi connectivity index (χ1n) is 9.55. The Hall–Kier alpha value is -3.02. The molecule has 2 aromatic carbocycles. The minimum Gasteiger partial charge on any atom is -0.298 e. The summed E-state index contributed by atoms with van der Waals surface area (Å²) in [6, 6.07) is 16.1. The summed E-state index contributed by atoms with van der Waals surface area (Å²) in [6.45, 7) is 1.89. The van der Waals surface area contributed by atoms with Crippen molar-refractivity contribution >= 4 is 5.78 Å². The molecule has 1 fully saturated rings. The minimum atomic E-state index is -0.425. The largest absolute Gasteiger partial charge is 0.346 e. The van der Waals surface area contributed by atoms with E-state index in [1.807, 2.05) is 37.3 Å². The molecule has 1 aromatic heterocycles. The lowest BCUT2D eigenvalue weighted by molar-refractivity contribution is -0.120. The summed E-state index contributed by atoms with van der Waals surface area (Å²) >= 11 is 0. The molecule has 0 aliphatic heterocycles. The molecular weight excluding hydrogens is 357 g/mol. The van der Waals surface area contributed by atoms with E-state index in [1.54, 1.807) is 18.2 Å². The molecule has 0 unspecified atom stereocenters. The second-order valence-electron chi connectivity index (χ2n) is 7.40. The van der Waals surface area contributed by atoms with Gasteiger partial charge in [-0.3, -0.25) is 9.36 Å². The van der Waals surface area contributed by atoms with Crippen molar-refractivity contribution in [1.29, 1.82) is 0 Å². The van der Waals surface area contributed by atoms with Crippen LogP contribution in [0.1, 0.15) is 43.7 Å². The Morgan fingerprint density at radius 3 is 2.50 bits per heavy atom. The number of halogens is 1. The first-order chi connectivity index (χ1) is 13.5. The van der Waals surface area contributed by atoms with E-state index in [2.05, 4.69) is 5.10 Å². The summed E-state index contributed by atoms with van der Waals surface area (Å²) in [5.41, 5.74) is 1.02. The summed E-state index contributed by atoms with van der Waals surface area (Å²) in [6.07, 6.45) is 2.06. The predicted octanol–water partition coefficient (Wildman–Crippen LogP) is 3.95. The van der Waals surface area contributed by atoms with E-state index in [1.165, 1.54) is 15.3 Å². The number of benzene rings is 2. The van der Waals surface area contributed by atoms with E-state index < -0.39 is 5.82 Å². The molecule has 0 N–H and O–H groups in total. The maximum absolute atomic E-state index is 14.3. The third-order valence-electron chi connectivity index (χ3n) is 5.13. The molecule has 1 atom stereocenters. The number of carbonyl (C=O) groups excluding carboxylic acids is 1. The van der Waals surface area contributed by atoms with Crippen molar-refractivity contribution in [2.24, 2.45) is 0 Å². The molecule has 0 amide bonds. The van der Waals surface area contributed by atoms with Gasteiger partial charge < -0.3 is 0 Å². The zero-order chi connectivity index (χ0) is 19.7. The van der Waals surface area contributed by atoms with Crippen LogP contribution < -0.4 is 5.69 Å². The number of aromatic nitrogens is 3. The second-order valence-corrected chi connectivity index (χ2v) is 7.40. The molecule has 144 valence electrons. The van der Waals surface area contributed by atoms with E-state index in [9.17, 15) is 14.0 Å². The first kappa shape index (κ1) is 18.3. The van der Waals surface area contributed by atoms with Crippen molar-refractivity contribution in [3.63, 3.8) is 0 Å². The molecule has 1 aliphatic rings. The first-order valence-corrected chi connectivity index (χ1v) is 9.55. The Bertz CT molecular complexity index is 1050. The molecule has 1 saturated carbocycles. The number of nitrogens with zero attached hydrogens (tertiary/aromatic N) is 3. The average Bonchev–Trinajstić information content (AvgIpc) is 3.48. The third-order valence-corrected chi connectivity index (χ3v) is 5.13. The zero-order valence-electron chi connectivity index (χ0n) is 15.7. The fourth-order valence-electron chi connectivity index (χ4n) is 3.48. The minimum absolute atomic E-state index is 0.0363. The lowest BCUT2D eigenvalue weighted by atomic mass is 9.96. The molecule has 28 heavy (non-hydrogen) atoms. The average molecular weight is 379 g/mol. The van der Waals surface area contributed by atoms with E-state index >= 15 is 0 Å². The number of carbonyl (C=O) groups is 1. The van der Waals surface area contributed by atoms with Crippen LogP contribution in [0.25, 0.3) is 11.4 Å². The second kappa shape index (κ2) is 7.54. The van der Waals surface area contributed by atoms with Gasteiger partial charge in [0.25, 0.3) is 0 Å². The van der Waals surface area contributed by atoms with E-state index in [0.29, 0.717) is 12.2 Å². The molecule has 4 rings (SSSR count). The SMILES string of the molecule is C[C@H](CC(=O)Cn1nc(-c2ccccc2F)n(C2CC2)c1=O)c1ccccc1. The molecule has 1 aliphatic carbocycles. The van der Waals surface area contributed by atoms with Gasteiger partial charge in [0.05, 0.1) is 5.56 Å². The van der Waals surface area contributed by atoms with E-state index in [4.69, 9.17) is 0 Å². The number of Topliss-reactive ketones (excluding diaryl/α,β-unsaturated/α-hetero) is 1. The van der Waals surface area contributed by atoms with Crippen LogP contribution in [0, 0.1) is 5.82 Å². The van der Waals surface area contributed by atoms with Crippen molar-refractivity contribution in [1.82, 2.24) is 14.3 Å². The maximum Gasteiger partial charge on any atom is 0.346 e. The third kappa shape index (κ3) is 3.67. The maximum atomic E-state index is 14.3. The summed E-state index contributed by atoms with van der Waals surface area (Å²) in [5.74, 6) is -0.139. The Balaban J connectivity index is 1.59. The molecule has 3 aromatic rings. The molecular formula is C22H22FN3O2. The highest BCUT2D eigenvalue weighted by Gasteiger charge is 2.31. The number of ketones is 1. The van der Waals surface area contributed by atoms with Gasteiger partial charge in [0, 0.05) is 12.5 Å². The molecule has 6 heteroatoms. The van der Waals surface area contributed by atoms with Gasteiger partial charge in [-0.05, 0) is 36.5 Å². The summed E-state index contributed by atoms with van der Waals surface area (Å²) < 4.78 is 17.0. The Morgan fingerprint density at radius 2 is 1.82 bits per heavy atom. The fourth-order valence-corrected chi connectivity index (χ4v) is 3.48. The number of hydrogen-bond donors (Lipinski definition) is 0. The van der Waals surface area contributed by atoms with Crippen LogP contribution in [0.4, 0.5) is 4.39 Å². The van der Waals surface area contributed by atoms with Gasteiger partial charge in [0.1, 0.15) is 12.4 Å². The number of hydrogen-bond acceptors (Lipinski definition) is 3. The smallest absolute Gasteiger partial charge is 0.298 e. The van der Waals surface area contributed by atoms with Crippen LogP contribution in [-0.2, 0) is 11.3 Å². The van der Waals surface area contributed by atoms with Crippen LogP contribution in [0.2, 0.25) is 0 Å². The highest BCUT2D eigenvalue weighted by molar-refractivity contribution is 5.79. The molecule has 0 bridgehead atoms. The molecule has 0 saturated heterocycles. The van der Waals surface area contributed by atoms with E-state index in [-0.39, 0.29) is 35.5 Å². The van der Waals surface area contributed by atoms with Crippen LogP contribution >= 0.6 is 0 Å². The molecule has 1 heterocycles. The summed E-state index contributed by atoms with van der Waals surface area (Å²) in [4.78, 5) is 25.4. The van der Waals surface area contributed by atoms with Crippen molar-refractivity contribution in [3.05, 3.63) is 76.5 Å². The van der Waals surface area contributed by atoms with Crippen molar-refractivity contribution in [3.8, 4) is 11.4 Å². The van der Waals surface area contributed by atoms with Gasteiger partial charge in [-0.2, -0.15) is 0 Å². The Morgan fingerprint density at radius 1 is 1.14 bits per heavy atom. The van der Waals surface area contributed by atoms with Crippen LogP contribution in [0.3, 0.4) is 0 Å². The normalized spacial score (nSPS) is 14.8. The summed E-state index contributed by atoms with van der Waals surface area (Å²) in [7, 11) is 0. The predicted molar refractivity (Wildman–Crippen MR) is 105 cm³/mol. The van der Waals surface area contributed by atoms with Gasteiger partial charge in [-0.1, -0.05) is 49.4 Å². The van der Waals surface area contributed by atoms with Crippen molar-refractivity contribution in [2.75, 3.05) is 0 Å². The Labute approximate surface area is 162 Å². The van der Waals surface area contributed by atoms with Gasteiger partial charge in [0.15, 0.2) is 11.6 Å². The topological polar surface area (TPSA) is 56.9 Å². The molecule has 0 radical (unpaired) electrons. The highest BCUT2D eigenvalue weighted by atomic mass is 19.1. The van der Waals surface area contributed by atoms with Crippen molar-refractivity contribution < 1.29 is 9.18 Å². The zero-order valence-corrected chi connectivity index (χ0v) is 15.7. The van der Waals surface area contributed by atoms with Crippen LogP contribution in [0.5, 0.6) is 0 Å². The lowest BCUT2D eigenvalue weighted by Gasteiger charge is -2.10. The Kier molecular flexibility index (Phi) is 4.94. The fraction of sp³-hybridized carbons (Fsp3) is 0.318. The quantitative estimate of drug-likeness (QED) is 0.625. The lowest BCUT2D eigenvalue weighted by Crippen LogP contribution is -2.28. The standard InChI is InChI=1S/C22H22FN3O2/c1-15(16-7-3-2-4-8-16)13-18(27)14-25-22(28)26(17-11-12-17)21(24-25)19-9-5-6-10-20(19)23/h2-10,15,17H,11-14H2,1H3/t15-/m1/s1. The highest BCUT2D eigenvalue weighted by Crippen LogP contribution is 2.36. The van der Waals surface area contributed by atoms with Gasteiger partial charge >= 0.3 is 5.69 Å². The van der Waals surface area contributed by atoms with Gasteiger partial charge in [-0.15, -0.1) is 5.10 Å². The van der Waals surface area contributed by atoms with Crippen LogP contribution in [0.15, 0.2) is 59.4 Å².